The zero-order valence-electron chi connectivity index (χ0n) is 13.8. The van der Waals surface area contributed by atoms with Crippen LogP contribution < -0.4 is 10.6 Å². The smallest absolute Gasteiger partial charge is 0.335 e. The third-order valence-electron chi connectivity index (χ3n) is 3.71. The molecule has 2 amide bonds. The van der Waals surface area contributed by atoms with Crippen molar-refractivity contribution in [2.45, 2.75) is 6.42 Å². The summed E-state index contributed by atoms with van der Waals surface area (Å²) in [6.45, 7) is 0.404. The summed E-state index contributed by atoms with van der Waals surface area (Å²) < 4.78 is 5.22. The summed E-state index contributed by atoms with van der Waals surface area (Å²) in [5.74, 6) is -0.0666. The minimum absolute atomic E-state index is 0.236. The Morgan fingerprint density at radius 3 is 2.46 bits per heavy atom. The van der Waals surface area contributed by atoms with Crippen LogP contribution in [0.5, 0.6) is 0 Å². The van der Waals surface area contributed by atoms with Crippen molar-refractivity contribution in [1.29, 1.82) is 0 Å². The van der Waals surface area contributed by atoms with E-state index >= 15 is 0 Å². The number of hydrogen-bond acceptors (Lipinski definition) is 4. The SMILES string of the molecule is O=C(NCCc1ccc(C(=O)O)cc1)Nc1cc(-c2ccccc2)on1. The molecule has 0 bridgehead atoms. The zero-order chi connectivity index (χ0) is 18.4. The third-order valence-corrected chi connectivity index (χ3v) is 3.71. The number of urea groups is 1. The van der Waals surface area contributed by atoms with Crippen LogP contribution in [0.2, 0.25) is 0 Å². The van der Waals surface area contributed by atoms with Crippen LogP contribution in [-0.4, -0.2) is 28.8 Å². The molecule has 0 atom stereocenters. The first-order valence-corrected chi connectivity index (χ1v) is 8.01. The molecular weight excluding hydrogens is 334 g/mol. The maximum Gasteiger partial charge on any atom is 0.335 e. The van der Waals surface area contributed by atoms with Crippen molar-refractivity contribution in [3.8, 4) is 11.3 Å². The van der Waals surface area contributed by atoms with E-state index in [1.807, 2.05) is 30.3 Å². The van der Waals surface area contributed by atoms with Crippen LogP contribution in [0, 0.1) is 0 Å². The van der Waals surface area contributed by atoms with E-state index in [1.165, 1.54) is 12.1 Å². The summed E-state index contributed by atoms with van der Waals surface area (Å²) in [5, 5.41) is 18.0. The first kappa shape index (κ1) is 17.2. The van der Waals surface area contributed by atoms with Crippen LogP contribution >= 0.6 is 0 Å². The lowest BCUT2D eigenvalue weighted by molar-refractivity contribution is 0.0697. The van der Waals surface area contributed by atoms with Gasteiger partial charge >= 0.3 is 12.0 Å². The van der Waals surface area contributed by atoms with Gasteiger partial charge in [0.2, 0.25) is 0 Å². The molecule has 7 nitrogen and oxygen atoms in total. The quantitative estimate of drug-likeness (QED) is 0.631. The molecule has 0 aliphatic heterocycles. The monoisotopic (exact) mass is 351 g/mol. The Kier molecular flexibility index (Phi) is 5.28. The summed E-state index contributed by atoms with van der Waals surface area (Å²) >= 11 is 0. The Hall–Kier alpha value is -3.61. The van der Waals surface area contributed by atoms with E-state index in [0.29, 0.717) is 24.5 Å². The summed E-state index contributed by atoms with van der Waals surface area (Å²) in [6.07, 6.45) is 0.585. The molecule has 0 fully saturated rings. The van der Waals surface area contributed by atoms with Gasteiger partial charge in [0.1, 0.15) is 0 Å². The first-order valence-electron chi connectivity index (χ1n) is 8.01. The van der Waals surface area contributed by atoms with Crippen molar-refractivity contribution >= 4 is 17.8 Å². The Balaban J connectivity index is 1.47. The van der Waals surface area contributed by atoms with Crippen molar-refractivity contribution < 1.29 is 19.2 Å². The largest absolute Gasteiger partial charge is 0.478 e. The highest BCUT2D eigenvalue weighted by atomic mass is 16.5. The number of carbonyl (C=O) groups excluding carboxylic acids is 1. The second kappa shape index (κ2) is 7.98. The number of hydrogen-bond donors (Lipinski definition) is 3. The fourth-order valence-electron chi connectivity index (χ4n) is 2.37. The zero-order valence-corrected chi connectivity index (χ0v) is 13.8. The maximum absolute atomic E-state index is 11.9. The number of anilines is 1. The fourth-order valence-corrected chi connectivity index (χ4v) is 2.37. The van der Waals surface area contributed by atoms with Gasteiger partial charge in [-0.25, -0.2) is 9.59 Å². The number of aromatic carboxylic acids is 1. The highest BCUT2D eigenvalue weighted by Crippen LogP contribution is 2.21. The Labute approximate surface area is 149 Å². The number of aromatic nitrogens is 1. The molecule has 3 N–H and O–H groups in total. The summed E-state index contributed by atoms with van der Waals surface area (Å²) in [4.78, 5) is 22.7. The number of nitrogens with one attached hydrogen (secondary N) is 2. The molecule has 132 valence electrons. The normalized spacial score (nSPS) is 10.3. The molecule has 3 rings (SSSR count). The lowest BCUT2D eigenvalue weighted by Crippen LogP contribution is -2.30. The lowest BCUT2D eigenvalue weighted by Gasteiger charge is -2.05. The molecule has 0 radical (unpaired) electrons. The third kappa shape index (κ3) is 4.47. The molecule has 1 heterocycles. The molecule has 3 aromatic rings. The van der Waals surface area contributed by atoms with Gasteiger partial charge in [0.05, 0.1) is 5.56 Å². The summed E-state index contributed by atoms with van der Waals surface area (Å²) in [6, 6.07) is 17.3. The van der Waals surface area contributed by atoms with Crippen molar-refractivity contribution in [3.63, 3.8) is 0 Å². The van der Waals surface area contributed by atoms with Gasteiger partial charge in [-0.05, 0) is 24.1 Å². The second-order valence-corrected chi connectivity index (χ2v) is 5.58. The Morgan fingerprint density at radius 2 is 1.77 bits per heavy atom. The number of carbonyl (C=O) groups is 2. The first-order chi connectivity index (χ1) is 12.6. The van der Waals surface area contributed by atoms with Crippen molar-refractivity contribution in [1.82, 2.24) is 10.5 Å². The second-order valence-electron chi connectivity index (χ2n) is 5.58. The minimum Gasteiger partial charge on any atom is -0.478 e. The molecule has 7 heteroatoms. The van der Waals surface area contributed by atoms with Gasteiger partial charge in [-0.1, -0.05) is 47.6 Å². The average Bonchev–Trinajstić information content (AvgIpc) is 3.11. The molecule has 0 saturated carbocycles. The molecule has 2 aromatic carbocycles. The fraction of sp³-hybridized carbons (Fsp3) is 0.105. The molecule has 0 aliphatic rings. The average molecular weight is 351 g/mol. The topological polar surface area (TPSA) is 104 Å². The maximum atomic E-state index is 11.9. The summed E-state index contributed by atoms with van der Waals surface area (Å²) in [7, 11) is 0. The van der Waals surface area contributed by atoms with Crippen LogP contribution in [0.1, 0.15) is 15.9 Å². The van der Waals surface area contributed by atoms with Gasteiger partial charge in [0, 0.05) is 18.2 Å². The van der Waals surface area contributed by atoms with Gasteiger partial charge in [-0.15, -0.1) is 0 Å². The number of carboxylic acid groups (broad SMARTS) is 1. The predicted octanol–water partition coefficient (Wildman–Crippen LogP) is 3.40. The number of carboxylic acids is 1. The highest BCUT2D eigenvalue weighted by molar-refractivity contribution is 5.88. The molecule has 0 saturated heterocycles. The standard InChI is InChI=1S/C19H17N3O4/c23-18(24)15-8-6-13(7-9-15)10-11-20-19(25)21-17-12-16(26-22-17)14-4-2-1-3-5-14/h1-9,12H,10-11H2,(H,23,24)(H2,20,21,22,25). The summed E-state index contributed by atoms with van der Waals surface area (Å²) in [5.41, 5.74) is 2.04. The van der Waals surface area contributed by atoms with Crippen molar-refractivity contribution in [2.75, 3.05) is 11.9 Å². The van der Waals surface area contributed by atoms with E-state index < -0.39 is 5.97 Å². The number of nitrogens with zero attached hydrogens (tertiary/aromatic N) is 1. The van der Waals surface area contributed by atoms with Gasteiger partial charge < -0.3 is 14.9 Å². The van der Waals surface area contributed by atoms with E-state index in [0.717, 1.165) is 11.1 Å². The number of rotatable bonds is 6. The van der Waals surface area contributed by atoms with Gasteiger partial charge in [0.15, 0.2) is 11.6 Å². The van der Waals surface area contributed by atoms with E-state index in [4.69, 9.17) is 9.63 Å². The molecule has 0 spiro atoms. The van der Waals surface area contributed by atoms with E-state index in [1.54, 1.807) is 18.2 Å². The number of amides is 2. The number of benzene rings is 2. The molecule has 1 aromatic heterocycles. The van der Waals surface area contributed by atoms with E-state index in [2.05, 4.69) is 15.8 Å². The van der Waals surface area contributed by atoms with E-state index in [-0.39, 0.29) is 11.6 Å². The Bertz CT molecular complexity index is 889. The lowest BCUT2D eigenvalue weighted by atomic mass is 10.1. The van der Waals surface area contributed by atoms with Crippen molar-refractivity contribution in [3.05, 3.63) is 71.8 Å². The molecule has 26 heavy (non-hydrogen) atoms. The van der Waals surface area contributed by atoms with Crippen molar-refractivity contribution in [2.24, 2.45) is 0 Å². The van der Waals surface area contributed by atoms with E-state index in [9.17, 15) is 9.59 Å². The van der Waals surface area contributed by atoms with Gasteiger partial charge in [0.25, 0.3) is 0 Å². The van der Waals surface area contributed by atoms with Gasteiger partial charge in [-0.2, -0.15) is 0 Å². The van der Waals surface area contributed by atoms with Gasteiger partial charge in [-0.3, -0.25) is 5.32 Å². The highest BCUT2D eigenvalue weighted by Gasteiger charge is 2.09. The van der Waals surface area contributed by atoms with Crippen LogP contribution in [0.25, 0.3) is 11.3 Å². The van der Waals surface area contributed by atoms with Crippen LogP contribution in [0.3, 0.4) is 0 Å². The molecular formula is C19H17N3O4. The minimum atomic E-state index is -0.962. The van der Waals surface area contributed by atoms with Crippen LogP contribution in [0.15, 0.2) is 65.2 Å². The van der Waals surface area contributed by atoms with Crippen LogP contribution in [0.4, 0.5) is 10.6 Å². The Morgan fingerprint density at radius 1 is 1.04 bits per heavy atom. The molecule has 0 aliphatic carbocycles. The molecule has 0 unspecified atom stereocenters. The predicted molar refractivity (Wildman–Crippen MR) is 96.1 cm³/mol. The van der Waals surface area contributed by atoms with Crippen LogP contribution in [-0.2, 0) is 6.42 Å².